The Kier molecular flexibility index (Phi) is 4.33. The highest BCUT2D eigenvalue weighted by atomic mass is 16.6. The van der Waals surface area contributed by atoms with E-state index in [4.69, 9.17) is 4.74 Å². The molecular weight excluding hydrogens is 198 g/mol. The van der Waals surface area contributed by atoms with Gasteiger partial charge in [0.1, 0.15) is 0 Å². The Balaban J connectivity index is 2.27. The van der Waals surface area contributed by atoms with Gasteiger partial charge < -0.3 is 9.64 Å². The maximum absolute atomic E-state index is 11.5. The van der Waals surface area contributed by atoms with E-state index in [9.17, 15) is 9.70 Å². The monoisotopic (exact) mass is 215 g/mol. The normalized spacial score (nSPS) is 16.7. The fourth-order valence-electron chi connectivity index (χ4n) is 1.29. The number of piperazine rings is 1. The van der Waals surface area contributed by atoms with E-state index >= 15 is 0 Å². The number of amides is 1. The molecule has 86 valence electrons. The Bertz CT molecular complexity index is 225. The Hall–Kier alpha value is -1.33. The summed E-state index contributed by atoms with van der Waals surface area (Å²) in [6, 6.07) is 0. The van der Waals surface area contributed by atoms with Gasteiger partial charge >= 0.3 is 6.09 Å². The van der Waals surface area contributed by atoms with Gasteiger partial charge in [-0.1, -0.05) is 13.8 Å². The molecule has 0 aromatic heterocycles. The maximum Gasteiger partial charge on any atom is 0.409 e. The van der Waals surface area contributed by atoms with E-state index in [2.05, 4.69) is 5.29 Å². The highest BCUT2D eigenvalue weighted by Crippen LogP contribution is 2.04. The minimum absolute atomic E-state index is 0.297. The van der Waals surface area contributed by atoms with E-state index in [0.29, 0.717) is 38.7 Å². The number of carbonyl (C=O) groups is 1. The molecule has 1 amide bonds. The highest BCUT2D eigenvalue weighted by Gasteiger charge is 2.21. The van der Waals surface area contributed by atoms with Crippen molar-refractivity contribution in [3.8, 4) is 0 Å². The summed E-state index contributed by atoms with van der Waals surface area (Å²) in [5.41, 5.74) is 0. The summed E-state index contributed by atoms with van der Waals surface area (Å²) < 4.78 is 5.07. The van der Waals surface area contributed by atoms with Crippen molar-refractivity contribution in [3.05, 3.63) is 4.91 Å². The second-order valence-corrected chi connectivity index (χ2v) is 3.99. The van der Waals surface area contributed by atoms with E-state index in [0.717, 1.165) is 0 Å². The van der Waals surface area contributed by atoms with Crippen LogP contribution in [0, 0.1) is 10.8 Å². The van der Waals surface area contributed by atoms with Crippen LogP contribution in [0.4, 0.5) is 4.79 Å². The van der Waals surface area contributed by atoms with Gasteiger partial charge in [-0.25, -0.2) is 4.79 Å². The Morgan fingerprint density at radius 2 is 1.93 bits per heavy atom. The molecule has 0 aromatic rings. The van der Waals surface area contributed by atoms with Crippen LogP contribution in [0.1, 0.15) is 13.8 Å². The van der Waals surface area contributed by atoms with Crippen molar-refractivity contribution in [2.75, 3.05) is 32.8 Å². The lowest BCUT2D eigenvalue weighted by molar-refractivity contribution is 0.0694. The van der Waals surface area contributed by atoms with Crippen LogP contribution in [0.2, 0.25) is 0 Å². The zero-order chi connectivity index (χ0) is 11.3. The van der Waals surface area contributed by atoms with Gasteiger partial charge in [-0.15, -0.1) is 4.91 Å². The van der Waals surface area contributed by atoms with Crippen LogP contribution in [-0.2, 0) is 4.74 Å². The molecule has 6 nitrogen and oxygen atoms in total. The smallest absolute Gasteiger partial charge is 0.409 e. The third-order valence-electron chi connectivity index (χ3n) is 2.17. The van der Waals surface area contributed by atoms with Crippen molar-refractivity contribution in [1.29, 1.82) is 0 Å². The van der Waals surface area contributed by atoms with Crippen molar-refractivity contribution in [1.82, 2.24) is 9.91 Å². The molecule has 0 spiro atoms. The summed E-state index contributed by atoms with van der Waals surface area (Å²) >= 11 is 0. The number of nitroso groups, excluding NO2 is 1. The lowest BCUT2D eigenvalue weighted by Gasteiger charge is -2.30. The van der Waals surface area contributed by atoms with Crippen LogP contribution in [-0.4, -0.2) is 48.8 Å². The molecule has 1 heterocycles. The minimum Gasteiger partial charge on any atom is -0.449 e. The number of hydrogen-bond acceptors (Lipinski definition) is 4. The topological polar surface area (TPSA) is 62.2 Å². The lowest BCUT2D eigenvalue weighted by Crippen LogP contribution is -2.47. The van der Waals surface area contributed by atoms with Crippen molar-refractivity contribution in [3.63, 3.8) is 0 Å². The van der Waals surface area contributed by atoms with Gasteiger partial charge in [0.2, 0.25) is 0 Å². The van der Waals surface area contributed by atoms with Crippen LogP contribution in [0.25, 0.3) is 0 Å². The molecule has 0 bridgehead atoms. The van der Waals surface area contributed by atoms with Gasteiger partial charge in [0.25, 0.3) is 0 Å². The molecule has 1 saturated heterocycles. The molecule has 0 aromatic carbocycles. The van der Waals surface area contributed by atoms with Crippen molar-refractivity contribution >= 4 is 6.09 Å². The first-order valence-electron chi connectivity index (χ1n) is 5.13. The van der Waals surface area contributed by atoms with Crippen molar-refractivity contribution in [2.45, 2.75) is 13.8 Å². The second kappa shape index (κ2) is 5.53. The molecule has 0 aliphatic carbocycles. The van der Waals surface area contributed by atoms with Crippen LogP contribution < -0.4 is 0 Å². The summed E-state index contributed by atoms with van der Waals surface area (Å²) in [5, 5.41) is 4.23. The molecule has 0 radical (unpaired) electrons. The predicted molar refractivity (Wildman–Crippen MR) is 55.1 cm³/mol. The van der Waals surface area contributed by atoms with Crippen molar-refractivity contribution < 1.29 is 9.53 Å². The summed E-state index contributed by atoms with van der Waals surface area (Å²) in [6.45, 7) is 6.39. The first kappa shape index (κ1) is 11.7. The van der Waals surface area contributed by atoms with E-state index in [1.54, 1.807) is 4.90 Å². The largest absolute Gasteiger partial charge is 0.449 e. The molecular formula is C9H17N3O3. The molecule has 1 aliphatic heterocycles. The average Bonchev–Trinajstić information content (AvgIpc) is 2.26. The lowest BCUT2D eigenvalue weighted by atomic mass is 10.2. The molecule has 1 fully saturated rings. The Labute approximate surface area is 89.1 Å². The molecule has 1 rings (SSSR count). The molecule has 15 heavy (non-hydrogen) atoms. The summed E-state index contributed by atoms with van der Waals surface area (Å²) in [4.78, 5) is 23.3. The first-order valence-corrected chi connectivity index (χ1v) is 5.13. The van der Waals surface area contributed by atoms with Crippen molar-refractivity contribution in [2.24, 2.45) is 11.2 Å². The summed E-state index contributed by atoms with van der Waals surface area (Å²) in [5.74, 6) is 0.340. The summed E-state index contributed by atoms with van der Waals surface area (Å²) in [7, 11) is 0. The van der Waals surface area contributed by atoms with Crippen LogP contribution in [0.3, 0.4) is 0 Å². The predicted octanol–water partition coefficient (Wildman–Crippen LogP) is 1.08. The van der Waals surface area contributed by atoms with E-state index < -0.39 is 0 Å². The number of rotatable bonds is 3. The Morgan fingerprint density at radius 1 is 1.33 bits per heavy atom. The van der Waals surface area contributed by atoms with Gasteiger partial charge in [0.05, 0.1) is 25.0 Å². The van der Waals surface area contributed by atoms with Crippen LogP contribution >= 0.6 is 0 Å². The van der Waals surface area contributed by atoms with Gasteiger partial charge in [0, 0.05) is 13.1 Å². The van der Waals surface area contributed by atoms with E-state index in [1.165, 1.54) is 5.01 Å². The SMILES string of the molecule is CC(C)COC(=O)N1CCN(N=O)CC1. The van der Waals surface area contributed by atoms with Gasteiger partial charge in [-0.05, 0) is 5.92 Å². The molecule has 0 saturated carbocycles. The number of carbonyl (C=O) groups excluding carboxylic acids is 1. The third-order valence-corrected chi connectivity index (χ3v) is 2.17. The fourth-order valence-corrected chi connectivity index (χ4v) is 1.29. The number of ether oxygens (including phenoxy) is 1. The molecule has 1 aliphatic rings. The maximum atomic E-state index is 11.5. The zero-order valence-corrected chi connectivity index (χ0v) is 9.18. The fraction of sp³-hybridized carbons (Fsp3) is 0.889. The van der Waals surface area contributed by atoms with Crippen LogP contribution in [0.15, 0.2) is 5.29 Å². The molecule has 6 heteroatoms. The first-order chi connectivity index (χ1) is 7.13. The van der Waals surface area contributed by atoms with E-state index in [-0.39, 0.29) is 6.09 Å². The number of nitrogens with zero attached hydrogens (tertiary/aromatic N) is 3. The van der Waals surface area contributed by atoms with Crippen LogP contribution in [0.5, 0.6) is 0 Å². The Morgan fingerprint density at radius 3 is 2.40 bits per heavy atom. The molecule has 0 N–H and O–H groups in total. The minimum atomic E-state index is -0.297. The van der Waals surface area contributed by atoms with Gasteiger partial charge in [0.15, 0.2) is 0 Å². The zero-order valence-electron chi connectivity index (χ0n) is 9.18. The number of hydrogen-bond donors (Lipinski definition) is 0. The second-order valence-electron chi connectivity index (χ2n) is 3.99. The average molecular weight is 215 g/mol. The standard InChI is InChI=1S/C9H17N3O3/c1-8(2)7-15-9(13)11-3-5-12(10-14)6-4-11/h8H,3-7H2,1-2H3. The van der Waals surface area contributed by atoms with Gasteiger partial charge in [-0.3, -0.25) is 5.01 Å². The molecule has 0 unspecified atom stereocenters. The highest BCUT2D eigenvalue weighted by molar-refractivity contribution is 5.67. The summed E-state index contributed by atoms with van der Waals surface area (Å²) in [6.07, 6.45) is -0.297. The molecule has 0 atom stereocenters. The van der Waals surface area contributed by atoms with E-state index in [1.807, 2.05) is 13.8 Å². The van der Waals surface area contributed by atoms with Gasteiger partial charge in [-0.2, -0.15) is 0 Å². The quantitative estimate of drug-likeness (QED) is 0.661. The third kappa shape index (κ3) is 3.73.